The fourth-order valence-electron chi connectivity index (χ4n) is 9.82. The highest BCUT2D eigenvalue weighted by Crippen LogP contribution is 2.67. The molecule has 268 valence electrons. The molecule has 6 rings (SSSR count). The van der Waals surface area contributed by atoms with Crippen molar-refractivity contribution in [3.05, 3.63) is 47.7 Å². The summed E-state index contributed by atoms with van der Waals surface area (Å²) in [6.07, 6.45) is 8.75. The number of aromatic amines is 1. The molecule has 50 heavy (non-hydrogen) atoms. The lowest BCUT2D eigenvalue weighted by molar-refractivity contribution is -0.170. The second kappa shape index (κ2) is 13.8. The van der Waals surface area contributed by atoms with Gasteiger partial charge < -0.3 is 30.6 Å². The summed E-state index contributed by atoms with van der Waals surface area (Å²) in [5, 5.41) is 27.2. The Labute approximate surface area is 290 Å². The van der Waals surface area contributed by atoms with Crippen LogP contribution in [0.15, 0.2) is 42.1 Å². The Morgan fingerprint density at radius 2 is 1.74 bits per heavy atom. The Hall–Kier alpha value is -4.32. The average molecular weight is 690 g/mol. The lowest BCUT2D eigenvalue weighted by atomic mass is 9.46. The fourth-order valence-corrected chi connectivity index (χ4v) is 9.82. The number of esters is 1. The highest BCUT2D eigenvalue weighted by molar-refractivity contribution is 5.93. The number of aliphatic hydroxyl groups is 1. The van der Waals surface area contributed by atoms with Crippen molar-refractivity contribution in [1.82, 2.24) is 15.6 Å². The highest BCUT2D eigenvalue weighted by atomic mass is 16.5. The molecule has 1 aromatic heterocycles. The molecule has 0 spiro atoms. The molecule has 4 aliphatic carbocycles. The van der Waals surface area contributed by atoms with Crippen LogP contribution in [0.25, 0.3) is 10.9 Å². The number of para-hydroxylation sites is 1. The Morgan fingerprint density at radius 3 is 2.52 bits per heavy atom. The van der Waals surface area contributed by atoms with E-state index in [0.717, 1.165) is 42.1 Å². The first-order valence-electron chi connectivity index (χ1n) is 17.7. The summed E-state index contributed by atoms with van der Waals surface area (Å²) in [4.78, 5) is 77.9. The number of aromatic nitrogens is 1. The molecule has 5 N–H and O–H groups in total. The van der Waals surface area contributed by atoms with Crippen molar-refractivity contribution in [2.24, 2.45) is 28.6 Å². The number of carboxylic acids is 1. The number of carbonyl (C=O) groups excluding carboxylic acids is 5. The van der Waals surface area contributed by atoms with Gasteiger partial charge in [-0.2, -0.15) is 0 Å². The van der Waals surface area contributed by atoms with Gasteiger partial charge in [-0.05, 0) is 85.8 Å². The molecule has 2 amide bonds. The number of rotatable bonds is 12. The minimum absolute atomic E-state index is 0.0200. The minimum Gasteiger partial charge on any atom is -0.480 e. The van der Waals surface area contributed by atoms with E-state index in [1.807, 2.05) is 37.3 Å². The van der Waals surface area contributed by atoms with Gasteiger partial charge in [-0.15, -0.1) is 0 Å². The van der Waals surface area contributed by atoms with E-state index in [9.17, 15) is 39.0 Å². The summed E-state index contributed by atoms with van der Waals surface area (Å²) in [6.45, 7) is 3.22. The zero-order chi connectivity index (χ0) is 35.8. The van der Waals surface area contributed by atoms with E-state index in [2.05, 4.69) is 22.5 Å². The molecule has 0 bridgehead atoms. The number of nitrogens with one attached hydrogen (secondary N) is 3. The molecule has 2 aromatic rings. The van der Waals surface area contributed by atoms with Gasteiger partial charge in [0.1, 0.15) is 11.6 Å². The number of ether oxygens (including phenoxy) is 1. The maximum atomic E-state index is 13.5. The first kappa shape index (κ1) is 35.5. The molecule has 12 heteroatoms. The van der Waals surface area contributed by atoms with Crippen LogP contribution < -0.4 is 10.6 Å². The second-order valence-electron chi connectivity index (χ2n) is 15.2. The first-order valence-corrected chi connectivity index (χ1v) is 17.7. The van der Waals surface area contributed by atoms with Crippen molar-refractivity contribution in [1.29, 1.82) is 0 Å². The van der Waals surface area contributed by atoms with Crippen LogP contribution >= 0.6 is 0 Å². The predicted octanol–water partition coefficient (Wildman–Crippen LogP) is 3.55. The molecule has 3 saturated carbocycles. The first-order chi connectivity index (χ1) is 23.7. The van der Waals surface area contributed by atoms with Crippen molar-refractivity contribution in [2.75, 3.05) is 13.2 Å². The van der Waals surface area contributed by atoms with Crippen LogP contribution in [0.3, 0.4) is 0 Å². The van der Waals surface area contributed by atoms with Crippen LogP contribution in [-0.2, 0) is 39.9 Å². The SMILES string of the molecule is C[C@]12CCC(=O)C=C1CC[C@H]1[C@H]2CC[C@@]2(C)[C@@H]1CC[C@]2(O)C(=O)COC(=O)CCC(=O)NCC(=O)N[C@@H](Cc1c[nH]c2ccccc12)C(=O)O. The monoisotopic (exact) mass is 689 g/mol. The largest absolute Gasteiger partial charge is 0.480 e. The van der Waals surface area contributed by atoms with Crippen molar-refractivity contribution in [3.8, 4) is 0 Å². The third-order valence-corrected chi connectivity index (χ3v) is 12.7. The molecular weight excluding hydrogens is 642 g/mol. The number of allylic oxidation sites excluding steroid dienone is 1. The molecule has 1 heterocycles. The van der Waals surface area contributed by atoms with Gasteiger partial charge >= 0.3 is 11.9 Å². The molecule has 3 fully saturated rings. The molecule has 0 unspecified atom stereocenters. The summed E-state index contributed by atoms with van der Waals surface area (Å²) in [7, 11) is 0. The normalized spacial score (nSPS) is 30.7. The average Bonchev–Trinajstić information content (AvgIpc) is 3.63. The Kier molecular flexibility index (Phi) is 9.78. The van der Waals surface area contributed by atoms with Crippen LogP contribution in [0.2, 0.25) is 0 Å². The molecule has 12 nitrogen and oxygen atoms in total. The second-order valence-corrected chi connectivity index (χ2v) is 15.2. The number of H-pyrrole nitrogens is 1. The Balaban J connectivity index is 0.945. The van der Waals surface area contributed by atoms with E-state index in [-0.39, 0.29) is 36.4 Å². The zero-order valence-electron chi connectivity index (χ0n) is 28.7. The molecule has 0 aliphatic heterocycles. The van der Waals surface area contributed by atoms with Crippen LogP contribution in [0, 0.1) is 28.6 Å². The minimum atomic E-state index is -1.62. The number of hydrogen-bond acceptors (Lipinski definition) is 8. The van der Waals surface area contributed by atoms with Crippen molar-refractivity contribution in [2.45, 2.75) is 96.1 Å². The summed E-state index contributed by atoms with van der Waals surface area (Å²) in [6, 6.07) is 6.19. The van der Waals surface area contributed by atoms with Crippen LogP contribution in [-0.4, -0.2) is 75.3 Å². The number of hydrogen-bond donors (Lipinski definition) is 5. The topological polar surface area (TPSA) is 192 Å². The zero-order valence-corrected chi connectivity index (χ0v) is 28.7. The van der Waals surface area contributed by atoms with Gasteiger partial charge in [0.2, 0.25) is 17.6 Å². The number of benzene rings is 1. The van der Waals surface area contributed by atoms with Gasteiger partial charge in [-0.3, -0.25) is 24.0 Å². The smallest absolute Gasteiger partial charge is 0.326 e. The van der Waals surface area contributed by atoms with Crippen LogP contribution in [0.1, 0.15) is 83.6 Å². The van der Waals surface area contributed by atoms with Crippen LogP contribution in [0.4, 0.5) is 0 Å². The number of carbonyl (C=O) groups is 6. The van der Waals surface area contributed by atoms with Gasteiger partial charge in [0.25, 0.3) is 0 Å². The van der Waals surface area contributed by atoms with Gasteiger partial charge in [-0.25, -0.2) is 4.79 Å². The van der Waals surface area contributed by atoms with E-state index < -0.39 is 59.7 Å². The molecule has 1 aromatic carbocycles. The van der Waals surface area contributed by atoms with E-state index in [1.165, 1.54) is 5.57 Å². The molecule has 4 aliphatic rings. The summed E-state index contributed by atoms with van der Waals surface area (Å²) in [5.74, 6) is -2.71. The number of ketones is 2. The number of fused-ring (bicyclic) bond motifs is 6. The molecule has 0 radical (unpaired) electrons. The summed E-state index contributed by atoms with van der Waals surface area (Å²) < 4.78 is 5.23. The third kappa shape index (κ3) is 6.50. The van der Waals surface area contributed by atoms with Crippen molar-refractivity contribution >= 4 is 46.2 Å². The van der Waals surface area contributed by atoms with Gasteiger partial charge in [-0.1, -0.05) is 37.6 Å². The third-order valence-electron chi connectivity index (χ3n) is 12.7. The van der Waals surface area contributed by atoms with Gasteiger partial charge in [0, 0.05) is 41.8 Å². The number of amides is 2. The van der Waals surface area contributed by atoms with Gasteiger partial charge in [0.05, 0.1) is 13.0 Å². The number of Topliss-reactive ketones (excluding diaryl/α,β-unsaturated/α-hetero) is 1. The van der Waals surface area contributed by atoms with Gasteiger partial charge in [0.15, 0.2) is 12.4 Å². The molecule has 7 atom stereocenters. The lowest BCUT2D eigenvalue weighted by Crippen LogP contribution is -2.58. The number of carboxylic acid groups (broad SMARTS) is 1. The fraction of sp³-hybridized carbons (Fsp3) is 0.579. The highest BCUT2D eigenvalue weighted by Gasteiger charge is 2.66. The quantitative estimate of drug-likeness (QED) is 0.207. The van der Waals surface area contributed by atoms with E-state index in [1.54, 1.807) is 6.20 Å². The van der Waals surface area contributed by atoms with Crippen LogP contribution in [0.5, 0.6) is 0 Å². The summed E-state index contributed by atoms with van der Waals surface area (Å²) >= 11 is 0. The van der Waals surface area contributed by atoms with Crippen molar-refractivity contribution in [3.63, 3.8) is 0 Å². The Morgan fingerprint density at radius 1 is 0.980 bits per heavy atom. The summed E-state index contributed by atoms with van der Waals surface area (Å²) in [5.41, 5.74) is 0.552. The van der Waals surface area contributed by atoms with E-state index >= 15 is 0 Å². The number of aliphatic carboxylic acids is 1. The van der Waals surface area contributed by atoms with E-state index in [0.29, 0.717) is 37.5 Å². The lowest BCUT2D eigenvalue weighted by Gasteiger charge is -2.58. The maximum absolute atomic E-state index is 13.5. The van der Waals surface area contributed by atoms with Crippen molar-refractivity contribution < 1.29 is 43.7 Å². The predicted molar refractivity (Wildman–Crippen MR) is 181 cm³/mol. The maximum Gasteiger partial charge on any atom is 0.326 e. The Bertz CT molecular complexity index is 1750. The molecule has 0 saturated heterocycles. The standard InChI is InChI=1S/C38H47N3O9/c1-36-14-11-24(42)18-23(36)7-8-26-27(36)12-15-37(2)28(26)13-16-38(37,49)31(43)21-50-34(46)10-9-32(44)40-20-33(45)41-30(35(47)48)17-22-19-39-29-6-4-3-5-25(22)29/h3-6,18-19,26-28,30,39,49H,7-17,20-21H2,1-2H3,(H,40,44)(H,41,45)(H,47,48)/t26-,27+,28+,30-,36-,37-,38-/m0/s1. The van der Waals surface area contributed by atoms with E-state index in [4.69, 9.17) is 4.74 Å². The molecular formula is C38H47N3O9.